The summed E-state index contributed by atoms with van der Waals surface area (Å²) in [6, 6.07) is 3.89. The third kappa shape index (κ3) is 3.93. The zero-order valence-electron chi connectivity index (χ0n) is 9.07. The highest BCUT2D eigenvalue weighted by Gasteiger charge is 2.24. The maximum Gasteiger partial charge on any atom is 0.251 e. The molecule has 0 fully saturated rings. The average Bonchev–Trinajstić information content (AvgIpc) is 2.32. The second kappa shape index (κ2) is 6.16. The van der Waals surface area contributed by atoms with Crippen LogP contribution in [0.25, 0.3) is 0 Å². The van der Waals surface area contributed by atoms with Gasteiger partial charge in [0.2, 0.25) is 0 Å². The summed E-state index contributed by atoms with van der Waals surface area (Å²) < 4.78 is 13.0. The number of rotatable bonds is 4. The second-order valence-corrected chi connectivity index (χ2v) is 5.44. The number of hydrogen-bond acceptors (Lipinski definition) is 1. The number of carbonyl (C=O) groups is 1. The predicted molar refractivity (Wildman–Crippen MR) is 74.9 cm³/mol. The van der Waals surface area contributed by atoms with Crippen molar-refractivity contribution in [3.8, 4) is 0 Å². The van der Waals surface area contributed by atoms with Crippen LogP contribution in [0.15, 0.2) is 18.2 Å². The quantitative estimate of drug-likeness (QED) is 0.784. The number of alkyl halides is 2. The van der Waals surface area contributed by atoms with Crippen molar-refractivity contribution >= 4 is 49.4 Å². The lowest BCUT2D eigenvalue weighted by Gasteiger charge is -2.26. The zero-order valence-corrected chi connectivity index (χ0v) is 13.0. The first-order valence-corrected chi connectivity index (χ1v) is 7.43. The monoisotopic (exact) mass is 385 g/mol. The standard InChI is InChI=1S/C11H11Br2ClFNO/c1-11(5-12,6-13)16-10(17)7-2-3-9(15)8(14)4-7/h2-4H,5-6H2,1H3,(H,16,17). The van der Waals surface area contributed by atoms with Gasteiger partial charge >= 0.3 is 0 Å². The van der Waals surface area contributed by atoms with Crippen molar-refractivity contribution in [3.63, 3.8) is 0 Å². The molecule has 0 atom stereocenters. The van der Waals surface area contributed by atoms with Crippen molar-refractivity contribution in [2.75, 3.05) is 10.7 Å². The molecule has 0 aliphatic carbocycles. The second-order valence-electron chi connectivity index (χ2n) is 3.91. The van der Waals surface area contributed by atoms with Crippen molar-refractivity contribution in [3.05, 3.63) is 34.6 Å². The molecule has 1 amide bonds. The molecular formula is C11H11Br2ClFNO. The maximum atomic E-state index is 13.0. The van der Waals surface area contributed by atoms with E-state index in [1.807, 2.05) is 6.92 Å². The summed E-state index contributed by atoms with van der Waals surface area (Å²) in [7, 11) is 0. The van der Waals surface area contributed by atoms with Crippen LogP contribution in [0, 0.1) is 5.82 Å². The molecule has 0 unspecified atom stereocenters. The van der Waals surface area contributed by atoms with Gasteiger partial charge in [0.15, 0.2) is 0 Å². The van der Waals surface area contributed by atoms with Crippen molar-refractivity contribution < 1.29 is 9.18 Å². The number of amides is 1. The molecule has 0 heterocycles. The SMILES string of the molecule is CC(CBr)(CBr)NC(=O)c1ccc(F)c(Cl)c1. The van der Waals surface area contributed by atoms with Gasteiger partial charge in [-0.05, 0) is 25.1 Å². The minimum atomic E-state index is -0.535. The van der Waals surface area contributed by atoms with Gasteiger partial charge in [0, 0.05) is 16.2 Å². The first-order chi connectivity index (χ1) is 7.91. The molecule has 0 saturated heterocycles. The molecule has 0 aliphatic heterocycles. The summed E-state index contributed by atoms with van der Waals surface area (Å²) in [6.07, 6.45) is 0. The van der Waals surface area contributed by atoms with Gasteiger partial charge < -0.3 is 5.32 Å². The summed E-state index contributed by atoms with van der Waals surface area (Å²) >= 11 is 12.3. The molecule has 0 spiro atoms. The lowest BCUT2D eigenvalue weighted by molar-refractivity contribution is 0.0923. The smallest absolute Gasteiger partial charge is 0.251 e. The van der Waals surface area contributed by atoms with Crippen LogP contribution in [0.4, 0.5) is 4.39 Å². The van der Waals surface area contributed by atoms with Crippen LogP contribution in [-0.4, -0.2) is 22.1 Å². The molecular weight excluding hydrogens is 376 g/mol. The van der Waals surface area contributed by atoms with E-state index < -0.39 is 11.4 Å². The van der Waals surface area contributed by atoms with Gasteiger partial charge in [-0.1, -0.05) is 43.5 Å². The van der Waals surface area contributed by atoms with Crippen LogP contribution in [0.1, 0.15) is 17.3 Å². The molecule has 1 aromatic rings. The van der Waals surface area contributed by atoms with Gasteiger partial charge in [-0.25, -0.2) is 4.39 Å². The van der Waals surface area contributed by atoms with Crippen molar-refractivity contribution in [2.24, 2.45) is 0 Å². The number of nitrogens with one attached hydrogen (secondary N) is 1. The highest BCUT2D eigenvalue weighted by molar-refractivity contribution is 9.09. The highest BCUT2D eigenvalue weighted by Crippen LogP contribution is 2.17. The molecule has 2 nitrogen and oxygen atoms in total. The van der Waals surface area contributed by atoms with Crippen LogP contribution >= 0.6 is 43.5 Å². The molecule has 17 heavy (non-hydrogen) atoms. The maximum absolute atomic E-state index is 13.0. The summed E-state index contributed by atoms with van der Waals surface area (Å²) in [5, 5.41) is 3.99. The van der Waals surface area contributed by atoms with Gasteiger partial charge in [-0.3, -0.25) is 4.79 Å². The number of carbonyl (C=O) groups excluding carboxylic acids is 1. The fraction of sp³-hybridized carbons (Fsp3) is 0.364. The first-order valence-electron chi connectivity index (χ1n) is 4.81. The Labute approximate surface area is 121 Å². The van der Waals surface area contributed by atoms with E-state index in [0.29, 0.717) is 16.2 Å². The Morgan fingerprint density at radius 3 is 2.53 bits per heavy atom. The first kappa shape index (κ1) is 14.9. The van der Waals surface area contributed by atoms with E-state index in [-0.39, 0.29) is 10.9 Å². The van der Waals surface area contributed by atoms with Gasteiger partial charge in [-0.2, -0.15) is 0 Å². The van der Waals surface area contributed by atoms with Crippen LogP contribution in [0.5, 0.6) is 0 Å². The Balaban J connectivity index is 2.86. The van der Waals surface area contributed by atoms with Gasteiger partial charge in [0.1, 0.15) is 5.82 Å². The molecule has 0 aliphatic rings. The molecule has 0 radical (unpaired) electrons. The van der Waals surface area contributed by atoms with E-state index in [9.17, 15) is 9.18 Å². The highest BCUT2D eigenvalue weighted by atomic mass is 79.9. The van der Waals surface area contributed by atoms with E-state index in [4.69, 9.17) is 11.6 Å². The fourth-order valence-electron chi connectivity index (χ4n) is 1.09. The predicted octanol–water partition coefficient (Wildman–Crippen LogP) is 3.76. The Kier molecular flexibility index (Phi) is 5.41. The molecule has 0 bridgehead atoms. The molecule has 0 aromatic heterocycles. The van der Waals surface area contributed by atoms with Crippen LogP contribution in [-0.2, 0) is 0 Å². The minimum Gasteiger partial charge on any atom is -0.345 e. The Morgan fingerprint density at radius 1 is 1.47 bits per heavy atom. The Morgan fingerprint density at radius 2 is 2.06 bits per heavy atom. The largest absolute Gasteiger partial charge is 0.345 e. The number of benzene rings is 1. The van der Waals surface area contributed by atoms with E-state index in [0.717, 1.165) is 0 Å². The minimum absolute atomic E-state index is 0.0583. The fourth-order valence-corrected chi connectivity index (χ4v) is 2.48. The molecule has 94 valence electrons. The Bertz CT molecular complexity index is 424. The van der Waals surface area contributed by atoms with Crippen LogP contribution < -0.4 is 5.32 Å². The van der Waals surface area contributed by atoms with E-state index in [1.54, 1.807) is 0 Å². The van der Waals surface area contributed by atoms with Crippen molar-refractivity contribution in [1.82, 2.24) is 5.32 Å². The normalized spacial score (nSPS) is 11.4. The molecule has 1 N–H and O–H groups in total. The third-order valence-electron chi connectivity index (χ3n) is 2.19. The Hall–Kier alpha value is -0.130. The van der Waals surface area contributed by atoms with Gasteiger partial charge in [0.25, 0.3) is 5.91 Å². The summed E-state index contributed by atoms with van der Waals surface area (Å²) in [6.45, 7) is 1.89. The van der Waals surface area contributed by atoms with Crippen molar-refractivity contribution in [2.45, 2.75) is 12.5 Å². The van der Waals surface area contributed by atoms with Gasteiger partial charge in [0.05, 0.1) is 10.6 Å². The number of halogens is 4. The van der Waals surface area contributed by atoms with E-state index in [2.05, 4.69) is 37.2 Å². The molecule has 1 rings (SSSR count). The zero-order chi connectivity index (χ0) is 13.1. The van der Waals surface area contributed by atoms with Gasteiger partial charge in [-0.15, -0.1) is 0 Å². The lowest BCUT2D eigenvalue weighted by atomic mass is 10.1. The third-order valence-corrected chi connectivity index (χ3v) is 4.95. The molecule has 1 aromatic carbocycles. The summed E-state index contributed by atoms with van der Waals surface area (Å²) in [5.74, 6) is -0.819. The van der Waals surface area contributed by atoms with Crippen molar-refractivity contribution in [1.29, 1.82) is 0 Å². The van der Waals surface area contributed by atoms with Crippen LogP contribution in [0.2, 0.25) is 5.02 Å². The average molecular weight is 387 g/mol. The van der Waals surface area contributed by atoms with E-state index in [1.165, 1.54) is 18.2 Å². The summed E-state index contributed by atoms with van der Waals surface area (Å²) in [5.41, 5.74) is -0.0673. The lowest BCUT2D eigenvalue weighted by Crippen LogP contribution is -2.48. The molecule has 6 heteroatoms. The summed E-state index contributed by atoms with van der Waals surface area (Å²) in [4.78, 5) is 11.9. The van der Waals surface area contributed by atoms with E-state index >= 15 is 0 Å². The molecule has 0 saturated carbocycles. The topological polar surface area (TPSA) is 29.1 Å². The van der Waals surface area contributed by atoms with Crippen LogP contribution in [0.3, 0.4) is 0 Å². The number of hydrogen-bond donors (Lipinski definition) is 1.